The fraction of sp³-hybridized carbons (Fsp3) is 0.900. The molecule has 0 bridgehead atoms. The average molecular weight is 200 g/mol. The summed E-state index contributed by atoms with van der Waals surface area (Å²) < 4.78 is 5.02. The Morgan fingerprint density at radius 2 is 2.36 bits per heavy atom. The second-order valence-corrected chi connectivity index (χ2v) is 3.72. The van der Waals surface area contributed by atoms with Gasteiger partial charge in [-0.15, -0.1) is 0 Å². The summed E-state index contributed by atoms with van der Waals surface area (Å²) in [5, 5.41) is 0. The molecule has 1 fully saturated rings. The van der Waals surface area contributed by atoms with Crippen molar-refractivity contribution in [2.75, 3.05) is 19.7 Å². The van der Waals surface area contributed by atoms with E-state index in [1.54, 1.807) is 0 Å². The lowest BCUT2D eigenvalue weighted by molar-refractivity contribution is -0.149. The van der Waals surface area contributed by atoms with Crippen molar-refractivity contribution >= 4 is 5.97 Å². The number of hydrogen-bond donors (Lipinski definition) is 1. The van der Waals surface area contributed by atoms with Gasteiger partial charge in [-0.2, -0.15) is 0 Å². The molecule has 2 N–H and O–H groups in total. The number of nitrogens with two attached hydrogens (primary N) is 1. The summed E-state index contributed by atoms with van der Waals surface area (Å²) in [5.41, 5.74) is 5.80. The van der Waals surface area contributed by atoms with E-state index in [2.05, 4.69) is 4.90 Å². The Morgan fingerprint density at radius 1 is 1.64 bits per heavy atom. The van der Waals surface area contributed by atoms with Crippen molar-refractivity contribution in [3.05, 3.63) is 0 Å². The molecule has 82 valence electrons. The zero-order valence-corrected chi connectivity index (χ0v) is 9.03. The van der Waals surface area contributed by atoms with Crippen LogP contribution in [0.1, 0.15) is 26.7 Å². The van der Waals surface area contributed by atoms with Gasteiger partial charge < -0.3 is 10.5 Å². The van der Waals surface area contributed by atoms with Crippen LogP contribution >= 0.6 is 0 Å². The normalized spacial score (nSPS) is 24.9. The van der Waals surface area contributed by atoms with Crippen LogP contribution < -0.4 is 5.73 Å². The van der Waals surface area contributed by atoms with Crippen LogP contribution in [0.15, 0.2) is 0 Å². The molecule has 0 spiro atoms. The minimum atomic E-state index is -0.107. The van der Waals surface area contributed by atoms with Gasteiger partial charge in [0.05, 0.1) is 6.61 Å². The van der Waals surface area contributed by atoms with Gasteiger partial charge in [0.2, 0.25) is 0 Å². The fourth-order valence-electron chi connectivity index (χ4n) is 1.91. The maximum atomic E-state index is 11.6. The molecule has 2 atom stereocenters. The lowest BCUT2D eigenvalue weighted by Crippen LogP contribution is -2.41. The minimum absolute atomic E-state index is 0.0940. The van der Waals surface area contributed by atoms with E-state index in [1.807, 2.05) is 13.8 Å². The Hall–Kier alpha value is -0.610. The van der Waals surface area contributed by atoms with Crippen LogP contribution in [-0.4, -0.2) is 42.6 Å². The van der Waals surface area contributed by atoms with Crippen molar-refractivity contribution in [3.8, 4) is 0 Å². The average Bonchev–Trinajstić information content (AvgIpc) is 2.54. The highest BCUT2D eigenvalue weighted by Gasteiger charge is 2.30. The molecule has 0 saturated carbocycles. The van der Waals surface area contributed by atoms with Gasteiger partial charge >= 0.3 is 5.97 Å². The molecule has 0 radical (unpaired) electrons. The molecule has 1 aliphatic rings. The first kappa shape index (κ1) is 11.5. The van der Waals surface area contributed by atoms with Crippen molar-refractivity contribution in [2.24, 2.45) is 5.73 Å². The van der Waals surface area contributed by atoms with Crippen LogP contribution in [0.2, 0.25) is 0 Å². The smallest absolute Gasteiger partial charge is 0.323 e. The third-order valence-corrected chi connectivity index (χ3v) is 2.64. The first-order chi connectivity index (χ1) is 6.69. The zero-order valence-electron chi connectivity index (χ0n) is 9.03. The van der Waals surface area contributed by atoms with E-state index in [1.165, 1.54) is 0 Å². The molecule has 14 heavy (non-hydrogen) atoms. The van der Waals surface area contributed by atoms with Crippen molar-refractivity contribution in [2.45, 2.75) is 38.8 Å². The molecule has 1 aliphatic heterocycles. The van der Waals surface area contributed by atoms with Crippen molar-refractivity contribution < 1.29 is 9.53 Å². The quantitative estimate of drug-likeness (QED) is 0.666. The number of carbonyl (C=O) groups excluding carboxylic acids is 1. The van der Waals surface area contributed by atoms with E-state index >= 15 is 0 Å². The maximum Gasteiger partial charge on any atom is 0.323 e. The molecule has 4 nitrogen and oxygen atoms in total. The number of hydrogen-bond acceptors (Lipinski definition) is 4. The Morgan fingerprint density at radius 3 is 2.79 bits per heavy atom. The van der Waals surface area contributed by atoms with E-state index in [9.17, 15) is 4.79 Å². The lowest BCUT2D eigenvalue weighted by Gasteiger charge is -2.24. The highest BCUT2D eigenvalue weighted by atomic mass is 16.5. The molecule has 0 aromatic heterocycles. The Balaban J connectivity index is 2.49. The third-order valence-electron chi connectivity index (χ3n) is 2.64. The molecule has 4 heteroatoms. The summed E-state index contributed by atoms with van der Waals surface area (Å²) in [5.74, 6) is -0.107. The molecule has 0 aliphatic carbocycles. The number of ether oxygens (including phenoxy) is 1. The van der Waals surface area contributed by atoms with Crippen molar-refractivity contribution in [3.63, 3.8) is 0 Å². The van der Waals surface area contributed by atoms with Gasteiger partial charge in [-0.1, -0.05) is 6.92 Å². The summed E-state index contributed by atoms with van der Waals surface area (Å²) in [6.45, 7) is 6.02. The third kappa shape index (κ3) is 2.69. The van der Waals surface area contributed by atoms with E-state index in [0.29, 0.717) is 6.61 Å². The number of esters is 1. The Labute approximate surface area is 85.4 Å². The molecule has 1 heterocycles. The predicted molar refractivity (Wildman–Crippen MR) is 54.9 cm³/mol. The summed E-state index contributed by atoms with van der Waals surface area (Å²) in [4.78, 5) is 13.7. The number of rotatable bonds is 4. The molecule has 2 unspecified atom stereocenters. The summed E-state index contributed by atoms with van der Waals surface area (Å²) >= 11 is 0. The number of carbonyl (C=O) groups is 1. The van der Waals surface area contributed by atoms with Gasteiger partial charge in [0, 0.05) is 19.1 Å². The Bertz CT molecular complexity index is 197. The highest BCUT2D eigenvalue weighted by molar-refractivity contribution is 5.75. The van der Waals surface area contributed by atoms with Crippen LogP contribution in [0.3, 0.4) is 0 Å². The SMILES string of the molecule is CCOC(=O)C(CC)N1CCC(N)C1. The van der Waals surface area contributed by atoms with Gasteiger partial charge in [-0.25, -0.2) is 0 Å². The zero-order chi connectivity index (χ0) is 10.6. The van der Waals surface area contributed by atoms with Crippen molar-refractivity contribution in [1.29, 1.82) is 0 Å². The molecule has 1 rings (SSSR count). The van der Waals surface area contributed by atoms with Crippen LogP contribution in [0.25, 0.3) is 0 Å². The first-order valence-electron chi connectivity index (χ1n) is 5.35. The van der Waals surface area contributed by atoms with Gasteiger partial charge in [-0.05, 0) is 19.8 Å². The molecule has 1 saturated heterocycles. The number of likely N-dealkylation sites (tertiary alicyclic amines) is 1. The van der Waals surface area contributed by atoms with Gasteiger partial charge in [0.25, 0.3) is 0 Å². The van der Waals surface area contributed by atoms with Gasteiger partial charge in [0.1, 0.15) is 6.04 Å². The van der Waals surface area contributed by atoms with E-state index < -0.39 is 0 Å². The Kier molecular flexibility index (Phi) is 4.35. The molecular weight excluding hydrogens is 180 g/mol. The molecular formula is C10H20N2O2. The minimum Gasteiger partial charge on any atom is -0.465 e. The predicted octanol–water partition coefficient (Wildman–Crippen LogP) is 0.361. The van der Waals surface area contributed by atoms with Gasteiger partial charge in [0.15, 0.2) is 0 Å². The molecule has 0 aromatic carbocycles. The molecule has 0 amide bonds. The second-order valence-electron chi connectivity index (χ2n) is 3.72. The fourth-order valence-corrected chi connectivity index (χ4v) is 1.91. The van der Waals surface area contributed by atoms with Crippen LogP contribution in [0, 0.1) is 0 Å². The lowest BCUT2D eigenvalue weighted by atomic mass is 10.2. The first-order valence-corrected chi connectivity index (χ1v) is 5.35. The van der Waals surface area contributed by atoms with Crippen LogP contribution in [0.5, 0.6) is 0 Å². The monoisotopic (exact) mass is 200 g/mol. The van der Waals surface area contributed by atoms with E-state index in [-0.39, 0.29) is 18.1 Å². The second kappa shape index (κ2) is 5.32. The largest absolute Gasteiger partial charge is 0.465 e. The summed E-state index contributed by atoms with van der Waals surface area (Å²) in [7, 11) is 0. The van der Waals surface area contributed by atoms with Gasteiger partial charge in [-0.3, -0.25) is 9.69 Å². The molecule has 0 aromatic rings. The van der Waals surface area contributed by atoms with Crippen LogP contribution in [-0.2, 0) is 9.53 Å². The summed E-state index contributed by atoms with van der Waals surface area (Å²) in [6, 6.07) is 0.127. The maximum absolute atomic E-state index is 11.6. The summed E-state index contributed by atoms with van der Waals surface area (Å²) in [6.07, 6.45) is 1.78. The van der Waals surface area contributed by atoms with Crippen molar-refractivity contribution in [1.82, 2.24) is 4.90 Å². The van der Waals surface area contributed by atoms with Crippen LogP contribution in [0.4, 0.5) is 0 Å². The van der Waals surface area contributed by atoms with E-state index in [0.717, 1.165) is 25.9 Å². The highest BCUT2D eigenvalue weighted by Crippen LogP contribution is 2.14. The van der Waals surface area contributed by atoms with E-state index in [4.69, 9.17) is 10.5 Å². The standard InChI is InChI=1S/C10H20N2O2/c1-3-9(10(13)14-4-2)12-6-5-8(11)7-12/h8-9H,3-7,11H2,1-2H3. The topological polar surface area (TPSA) is 55.6 Å². The number of nitrogens with zero attached hydrogens (tertiary/aromatic N) is 1.